The van der Waals surface area contributed by atoms with Gasteiger partial charge in [0.25, 0.3) is 0 Å². The third-order valence-electron chi connectivity index (χ3n) is 2.89. The van der Waals surface area contributed by atoms with Crippen molar-refractivity contribution in [1.29, 1.82) is 0 Å². The van der Waals surface area contributed by atoms with Gasteiger partial charge in [-0.15, -0.1) is 11.8 Å². The van der Waals surface area contributed by atoms with E-state index in [1.165, 1.54) is 16.3 Å². The Morgan fingerprint density at radius 1 is 0.833 bits per heavy atom. The highest BCUT2D eigenvalue weighted by atomic mass is 32.2. The van der Waals surface area contributed by atoms with E-state index in [0.717, 1.165) is 10.8 Å². The molecule has 88 valence electrons. The molecule has 0 amide bonds. The lowest BCUT2D eigenvalue weighted by Gasteiger charge is -2.05. The Hall–Kier alpha value is -1.80. The Balaban J connectivity index is 1.87. The van der Waals surface area contributed by atoms with Crippen molar-refractivity contribution in [3.63, 3.8) is 0 Å². The smallest absolute Gasteiger partial charge is 0.0963 e. The Kier molecular flexibility index (Phi) is 3.29. The standard InChI is InChI=1S/C16H13NS/c1-2-9-15-13(6-1)7-5-8-14(15)12-18-16-10-3-4-11-17-16/h1-11H,12H2. The molecule has 2 aromatic carbocycles. The molecule has 2 heteroatoms. The normalized spacial score (nSPS) is 10.7. The lowest BCUT2D eigenvalue weighted by Crippen LogP contribution is -1.85. The minimum absolute atomic E-state index is 0.957. The summed E-state index contributed by atoms with van der Waals surface area (Å²) in [5.41, 5.74) is 1.36. The summed E-state index contributed by atoms with van der Waals surface area (Å²) in [7, 11) is 0. The predicted molar refractivity (Wildman–Crippen MR) is 77.7 cm³/mol. The molecular formula is C16H13NS. The van der Waals surface area contributed by atoms with Crippen molar-refractivity contribution in [2.24, 2.45) is 0 Å². The highest BCUT2D eigenvalue weighted by Crippen LogP contribution is 2.25. The Morgan fingerprint density at radius 2 is 1.67 bits per heavy atom. The van der Waals surface area contributed by atoms with E-state index in [4.69, 9.17) is 0 Å². The zero-order valence-electron chi connectivity index (χ0n) is 9.91. The van der Waals surface area contributed by atoms with Crippen LogP contribution in [0.25, 0.3) is 10.8 Å². The van der Waals surface area contributed by atoms with E-state index in [1.807, 2.05) is 18.3 Å². The highest BCUT2D eigenvalue weighted by Gasteiger charge is 2.01. The molecule has 0 saturated heterocycles. The second kappa shape index (κ2) is 5.23. The molecule has 0 aliphatic rings. The summed E-state index contributed by atoms with van der Waals surface area (Å²) in [4.78, 5) is 4.34. The molecule has 0 N–H and O–H groups in total. The molecule has 0 aliphatic heterocycles. The second-order valence-corrected chi connectivity index (χ2v) is 5.09. The van der Waals surface area contributed by atoms with Gasteiger partial charge in [-0.25, -0.2) is 4.98 Å². The molecule has 1 nitrogen and oxygen atoms in total. The molecule has 3 aromatic rings. The van der Waals surface area contributed by atoms with E-state index in [-0.39, 0.29) is 0 Å². The maximum atomic E-state index is 4.34. The molecule has 3 rings (SSSR count). The zero-order valence-corrected chi connectivity index (χ0v) is 10.7. The number of rotatable bonds is 3. The van der Waals surface area contributed by atoms with Gasteiger partial charge in [0.15, 0.2) is 0 Å². The molecule has 0 bridgehead atoms. The maximum absolute atomic E-state index is 4.34. The van der Waals surface area contributed by atoms with Crippen molar-refractivity contribution < 1.29 is 0 Å². The molecule has 1 aromatic heterocycles. The van der Waals surface area contributed by atoms with Crippen molar-refractivity contribution in [2.75, 3.05) is 0 Å². The first-order valence-corrected chi connectivity index (χ1v) is 6.92. The molecule has 18 heavy (non-hydrogen) atoms. The molecule has 0 unspecified atom stereocenters. The Bertz CT molecular complexity index is 644. The van der Waals surface area contributed by atoms with Gasteiger partial charge in [0.05, 0.1) is 5.03 Å². The average Bonchev–Trinajstić information content (AvgIpc) is 2.46. The van der Waals surface area contributed by atoms with Crippen LogP contribution < -0.4 is 0 Å². The molecular weight excluding hydrogens is 238 g/mol. The van der Waals surface area contributed by atoms with Gasteiger partial charge in [0, 0.05) is 11.9 Å². The van der Waals surface area contributed by atoms with Crippen molar-refractivity contribution in [3.8, 4) is 0 Å². The van der Waals surface area contributed by atoms with Crippen LogP contribution in [0.3, 0.4) is 0 Å². The lowest BCUT2D eigenvalue weighted by atomic mass is 10.1. The van der Waals surface area contributed by atoms with E-state index in [9.17, 15) is 0 Å². The fourth-order valence-corrected chi connectivity index (χ4v) is 2.87. The summed E-state index contributed by atoms with van der Waals surface area (Å²) in [5.74, 6) is 0.957. The molecule has 0 radical (unpaired) electrons. The monoisotopic (exact) mass is 251 g/mol. The number of hydrogen-bond donors (Lipinski definition) is 0. The van der Waals surface area contributed by atoms with E-state index in [0.29, 0.717) is 0 Å². The average molecular weight is 251 g/mol. The van der Waals surface area contributed by atoms with Crippen LogP contribution in [0.15, 0.2) is 71.9 Å². The summed E-state index contributed by atoms with van der Waals surface area (Å²) >= 11 is 1.78. The van der Waals surface area contributed by atoms with Gasteiger partial charge in [-0.1, -0.05) is 48.5 Å². The van der Waals surface area contributed by atoms with Crippen molar-refractivity contribution in [1.82, 2.24) is 4.98 Å². The molecule has 0 saturated carbocycles. The van der Waals surface area contributed by atoms with Gasteiger partial charge in [-0.05, 0) is 28.5 Å². The van der Waals surface area contributed by atoms with Crippen molar-refractivity contribution >= 4 is 22.5 Å². The number of benzene rings is 2. The topological polar surface area (TPSA) is 12.9 Å². The minimum atomic E-state index is 0.957. The summed E-state index contributed by atoms with van der Waals surface area (Å²) < 4.78 is 0. The van der Waals surface area contributed by atoms with Crippen LogP contribution in [0.1, 0.15) is 5.56 Å². The van der Waals surface area contributed by atoms with Crippen LogP contribution in [0.4, 0.5) is 0 Å². The third kappa shape index (κ3) is 2.39. The molecule has 0 spiro atoms. The van der Waals surface area contributed by atoms with Crippen LogP contribution in [0, 0.1) is 0 Å². The summed E-state index contributed by atoms with van der Waals surface area (Å²) in [6.07, 6.45) is 1.84. The van der Waals surface area contributed by atoms with E-state index < -0.39 is 0 Å². The number of thioether (sulfide) groups is 1. The SMILES string of the molecule is c1ccc(SCc2cccc3ccccc23)nc1. The van der Waals surface area contributed by atoms with Crippen LogP contribution in [-0.4, -0.2) is 4.98 Å². The highest BCUT2D eigenvalue weighted by molar-refractivity contribution is 7.98. The van der Waals surface area contributed by atoms with Gasteiger partial charge < -0.3 is 0 Å². The van der Waals surface area contributed by atoms with Gasteiger partial charge in [0.1, 0.15) is 0 Å². The van der Waals surface area contributed by atoms with E-state index in [2.05, 4.69) is 53.5 Å². The lowest BCUT2D eigenvalue weighted by molar-refractivity contribution is 1.13. The van der Waals surface area contributed by atoms with Crippen molar-refractivity contribution in [2.45, 2.75) is 10.8 Å². The Labute approximate surface area is 111 Å². The molecule has 0 aliphatic carbocycles. The first kappa shape index (κ1) is 11.3. The van der Waals surface area contributed by atoms with Crippen LogP contribution in [0.2, 0.25) is 0 Å². The fourth-order valence-electron chi connectivity index (χ4n) is 2.00. The first-order chi connectivity index (χ1) is 8.93. The van der Waals surface area contributed by atoms with Gasteiger partial charge in [0.2, 0.25) is 0 Å². The Morgan fingerprint density at radius 3 is 2.56 bits per heavy atom. The van der Waals surface area contributed by atoms with Crippen molar-refractivity contribution in [3.05, 3.63) is 72.4 Å². The van der Waals surface area contributed by atoms with Gasteiger partial charge in [-0.3, -0.25) is 0 Å². The fraction of sp³-hybridized carbons (Fsp3) is 0.0625. The molecule has 0 atom stereocenters. The van der Waals surface area contributed by atoms with Crippen LogP contribution in [-0.2, 0) is 5.75 Å². The predicted octanol–water partition coefficient (Wildman–Crippen LogP) is 4.53. The number of fused-ring (bicyclic) bond motifs is 1. The van der Waals surface area contributed by atoms with Gasteiger partial charge >= 0.3 is 0 Å². The summed E-state index contributed by atoms with van der Waals surface area (Å²) in [5, 5.41) is 3.71. The van der Waals surface area contributed by atoms with E-state index in [1.54, 1.807) is 11.8 Å². The number of hydrogen-bond acceptors (Lipinski definition) is 2. The largest absolute Gasteiger partial charge is 0.250 e. The van der Waals surface area contributed by atoms with Crippen LogP contribution in [0.5, 0.6) is 0 Å². The zero-order chi connectivity index (χ0) is 12.2. The number of aromatic nitrogens is 1. The summed E-state index contributed by atoms with van der Waals surface area (Å²) in [6, 6.07) is 21.0. The summed E-state index contributed by atoms with van der Waals surface area (Å²) in [6.45, 7) is 0. The minimum Gasteiger partial charge on any atom is -0.250 e. The number of pyridine rings is 1. The van der Waals surface area contributed by atoms with Crippen LogP contribution >= 0.6 is 11.8 Å². The quantitative estimate of drug-likeness (QED) is 0.634. The number of nitrogens with zero attached hydrogens (tertiary/aromatic N) is 1. The third-order valence-corrected chi connectivity index (χ3v) is 3.89. The van der Waals surface area contributed by atoms with E-state index >= 15 is 0 Å². The van der Waals surface area contributed by atoms with Gasteiger partial charge in [-0.2, -0.15) is 0 Å². The molecule has 0 fully saturated rings. The first-order valence-electron chi connectivity index (χ1n) is 5.94. The maximum Gasteiger partial charge on any atom is 0.0963 e. The molecule has 1 heterocycles. The second-order valence-electron chi connectivity index (χ2n) is 4.09.